The average Bonchev–Trinajstić information content (AvgIpc) is 2.92. The zero-order valence-electron chi connectivity index (χ0n) is 10.7. The van der Waals surface area contributed by atoms with Gasteiger partial charge < -0.3 is 10.2 Å². The SMILES string of the molecule is CCC(Br)C(=O)Nc1cccc(N2CCCC2)c1. The molecule has 0 aliphatic carbocycles. The van der Waals surface area contributed by atoms with Crippen molar-refractivity contribution < 1.29 is 4.79 Å². The summed E-state index contributed by atoms with van der Waals surface area (Å²) in [6.45, 7) is 4.22. The third kappa shape index (κ3) is 3.25. The highest BCUT2D eigenvalue weighted by Gasteiger charge is 2.15. The van der Waals surface area contributed by atoms with Gasteiger partial charge in [-0.05, 0) is 37.5 Å². The van der Waals surface area contributed by atoms with Crippen LogP contribution in [0.3, 0.4) is 0 Å². The molecule has 1 aliphatic heterocycles. The van der Waals surface area contributed by atoms with Crippen LogP contribution in [0.5, 0.6) is 0 Å². The van der Waals surface area contributed by atoms with Crippen molar-refractivity contribution in [2.45, 2.75) is 31.0 Å². The highest BCUT2D eigenvalue weighted by atomic mass is 79.9. The molecule has 2 rings (SSSR count). The molecule has 0 radical (unpaired) electrons. The number of carbonyl (C=O) groups is 1. The number of hydrogen-bond donors (Lipinski definition) is 1. The lowest BCUT2D eigenvalue weighted by Crippen LogP contribution is -2.22. The van der Waals surface area contributed by atoms with E-state index in [2.05, 4.69) is 38.3 Å². The highest BCUT2D eigenvalue weighted by Crippen LogP contribution is 2.23. The van der Waals surface area contributed by atoms with E-state index in [-0.39, 0.29) is 10.7 Å². The maximum Gasteiger partial charge on any atom is 0.238 e. The van der Waals surface area contributed by atoms with Crippen LogP contribution in [0.25, 0.3) is 0 Å². The maximum absolute atomic E-state index is 11.8. The molecular formula is C14H19BrN2O. The minimum atomic E-state index is -0.118. The summed E-state index contributed by atoms with van der Waals surface area (Å²) in [5, 5.41) is 2.94. The van der Waals surface area contributed by atoms with Gasteiger partial charge in [-0.15, -0.1) is 0 Å². The second-order valence-electron chi connectivity index (χ2n) is 4.61. The third-order valence-electron chi connectivity index (χ3n) is 3.23. The standard InChI is InChI=1S/C14H19BrN2O/c1-2-13(15)14(18)16-11-6-5-7-12(10-11)17-8-3-4-9-17/h5-7,10,13H,2-4,8-9H2,1H3,(H,16,18). The third-order valence-corrected chi connectivity index (χ3v) is 4.29. The number of benzene rings is 1. The first kappa shape index (κ1) is 13.4. The van der Waals surface area contributed by atoms with E-state index in [4.69, 9.17) is 0 Å². The first-order valence-electron chi connectivity index (χ1n) is 6.50. The van der Waals surface area contributed by atoms with Crippen molar-refractivity contribution in [3.8, 4) is 0 Å². The number of anilines is 2. The lowest BCUT2D eigenvalue weighted by Gasteiger charge is -2.18. The smallest absolute Gasteiger partial charge is 0.238 e. The number of alkyl halides is 1. The predicted octanol–water partition coefficient (Wildman–Crippen LogP) is 3.40. The monoisotopic (exact) mass is 310 g/mol. The predicted molar refractivity (Wildman–Crippen MR) is 79.5 cm³/mol. The fourth-order valence-corrected chi connectivity index (χ4v) is 2.28. The molecule has 1 aromatic carbocycles. The molecule has 1 saturated heterocycles. The van der Waals surface area contributed by atoms with Crippen LogP contribution in [0.15, 0.2) is 24.3 Å². The molecular weight excluding hydrogens is 292 g/mol. The van der Waals surface area contributed by atoms with Gasteiger partial charge in [0.05, 0.1) is 4.83 Å². The Balaban J connectivity index is 2.05. The molecule has 1 aliphatic rings. The van der Waals surface area contributed by atoms with Crippen LogP contribution in [-0.4, -0.2) is 23.8 Å². The van der Waals surface area contributed by atoms with Crippen molar-refractivity contribution in [3.63, 3.8) is 0 Å². The van der Waals surface area contributed by atoms with Gasteiger partial charge in [-0.3, -0.25) is 4.79 Å². The Kier molecular flexibility index (Phi) is 4.64. The van der Waals surface area contributed by atoms with Crippen molar-refractivity contribution in [2.24, 2.45) is 0 Å². The Labute approximate surface area is 117 Å². The molecule has 0 spiro atoms. The second-order valence-corrected chi connectivity index (χ2v) is 5.71. The molecule has 1 amide bonds. The summed E-state index contributed by atoms with van der Waals surface area (Å²) in [7, 11) is 0. The first-order chi connectivity index (χ1) is 8.70. The Morgan fingerprint density at radius 3 is 2.83 bits per heavy atom. The van der Waals surface area contributed by atoms with Gasteiger partial charge in [-0.25, -0.2) is 0 Å². The van der Waals surface area contributed by atoms with Crippen LogP contribution >= 0.6 is 15.9 Å². The second kappa shape index (κ2) is 6.23. The normalized spacial score (nSPS) is 16.7. The van der Waals surface area contributed by atoms with Crippen LogP contribution in [0.2, 0.25) is 0 Å². The molecule has 0 aromatic heterocycles. The molecule has 18 heavy (non-hydrogen) atoms. The van der Waals surface area contributed by atoms with E-state index in [1.54, 1.807) is 0 Å². The van der Waals surface area contributed by atoms with Crippen LogP contribution in [-0.2, 0) is 4.79 Å². The van der Waals surface area contributed by atoms with Crippen LogP contribution in [0.1, 0.15) is 26.2 Å². The van der Waals surface area contributed by atoms with Crippen molar-refractivity contribution in [2.75, 3.05) is 23.3 Å². The molecule has 1 N–H and O–H groups in total. The van der Waals surface area contributed by atoms with E-state index in [1.165, 1.54) is 18.5 Å². The molecule has 1 fully saturated rings. The number of nitrogens with zero attached hydrogens (tertiary/aromatic N) is 1. The van der Waals surface area contributed by atoms with Crippen LogP contribution < -0.4 is 10.2 Å². The van der Waals surface area contributed by atoms with E-state index in [0.29, 0.717) is 0 Å². The number of hydrogen-bond acceptors (Lipinski definition) is 2. The van der Waals surface area contributed by atoms with E-state index < -0.39 is 0 Å². The molecule has 4 heteroatoms. The van der Waals surface area contributed by atoms with E-state index >= 15 is 0 Å². The Morgan fingerprint density at radius 1 is 1.44 bits per heavy atom. The molecule has 98 valence electrons. The molecule has 3 nitrogen and oxygen atoms in total. The van der Waals surface area contributed by atoms with Gasteiger partial charge in [0.25, 0.3) is 0 Å². The Morgan fingerprint density at radius 2 is 2.17 bits per heavy atom. The van der Waals surface area contributed by atoms with Crippen LogP contribution in [0.4, 0.5) is 11.4 Å². The van der Waals surface area contributed by atoms with Gasteiger partial charge in [0.15, 0.2) is 0 Å². The van der Waals surface area contributed by atoms with Crippen molar-refractivity contribution in [3.05, 3.63) is 24.3 Å². The summed E-state index contributed by atoms with van der Waals surface area (Å²) < 4.78 is 0. The number of nitrogens with one attached hydrogen (secondary N) is 1. The van der Waals surface area contributed by atoms with Crippen molar-refractivity contribution in [1.29, 1.82) is 0 Å². The van der Waals surface area contributed by atoms with Gasteiger partial charge in [0, 0.05) is 24.5 Å². The van der Waals surface area contributed by atoms with E-state index in [0.717, 1.165) is 25.2 Å². The first-order valence-corrected chi connectivity index (χ1v) is 7.42. The number of halogens is 1. The van der Waals surface area contributed by atoms with Gasteiger partial charge in [0.2, 0.25) is 5.91 Å². The summed E-state index contributed by atoms with van der Waals surface area (Å²) in [6.07, 6.45) is 3.31. The maximum atomic E-state index is 11.8. The quantitative estimate of drug-likeness (QED) is 0.864. The fourth-order valence-electron chi connectivity index (χ4n) is 2.16. The van der Waals surface area contributed by atoms with Gasteiger partial charge in [0.1, 0.15) is 0 Å². The Bertz CT molecular complexity index is 416. The van der Waals surface area contributed by atoms with Crippen molar-refractivity contribution >= 4 is 33.2 Å². The molecule has 1 heterocycles. The lowest BCUT2D eigenvalue weighted by molar-refractivity contribution is -0.115. The van der Waals surface area contributed by atoms with Gasteiger partial charge in [-0.2, -0.15) is 0 Å². The summed E-state index contributed by atoms with van der Waals surface area (Å²) in [5.41, 5.74) is 2.08. The minimum Gasteiger partial charge on any atom is -0.371 e. The summed E-state index contributed by atoms with van der Waals surface area (Å²) in [6, 6.07) is 8.09. The van der Waals surface area contributed by atoms with Gasteiger partial charge in [-0.1, -0.05) is 28.9 Å². The van der Waals surface area contributed by atoms with E-state index in [1.807, 2.05) is 19.1 Å². The highest BCUT2D eigenvalue weighted by molar-refractivity contribution is 9.10. The van der Waals surface area contributed by atoms with Crippen LogP contribution in [0, 0.1) is 0 Å². The molecule has 1 aromatic rings. The van der Waals surface area contributed by atoms with E-state index in [9.17, 15) is 4.79 Å². The Hall–Kier alpha value is -1.03. The lowest BCUT2D eigenvalue weighted by atomic mass is 10.2. The molecule has 0 bridgehead atoms. The average molecular weight is 311 g/mol. The van der Waals surface area contributed by atoms with Crippen molar-refractivity contribution in [1.82, 2.24) is 0 Å². The topological polar surface area (TPSA) is 32.3 Å². The minimum absolute atomic E-state index is 0.0241. The fraction of sp³-hybridized carbons (Fsp3) is 0.500. The summed E-state index contributed by atoms with van der Waals surface area (Å²) >= 11 is 3.36. The molecule has 1 unspecified atom stereocenters. The van der Waals surface area contributed by atoms with Gasteiger partial charge >= 0.3 is 0 Å². The number of amides is 1. The molecule has 0 saturated carbocycles. The molecule has 1 atom stereocenters. The summed E-state index contributed by atoms with van der Waals surface area (Å²) in [5.74, 6) is 0.0241. The number of carbonyl (C=O) groups excluding carboxylic acids is 1. The summed E-state index contributed by atoms with van der Waals surface area (Å²) in [4.78, 5) is 14.0. The zero-order chi connectivity index (χ0) is 13.0. The largest absolute Gasteiger partial charge is 0.371 e. The number of rotatable bonds is 4. The zero-order valence-corrected chi connectivity index (χ0v) is 12.2.